The van der Waals surface area contributed by atoms with Crippen molar-refractivity contribution in [3.05, 3.63) is 53.6 Å². The van der Waals surface area contributed by atoms with E-state index in [2.05, 4.69) is 15.7 Å². The molecule has 0 aliphatic carbocycles. The molecule has 2 aromatic rings. The first-order valence-electron chi connectivity index (χ1n) is 8.01. The maximum Gasteiger partial charge on any atom is 0.315 e. The number of rotatable bonds is 5. The Kier molecular flexibility index (Phi) is 5.10. The van der Waals surface area contributed by atoms with Crippen LogP contribution in [-0.4, -0.2) is 28.5 Å². The Hall–Kier alpha value is -2.41. The van der Waals surface area contributed by atoms with Crippen LogP contribution in [0.4, 0.5) is 9.18 Å². The number of benzene rings is 1. The number of aryl methyl sites for hydroxylation is 1. The second-order valence-electron chi connectivity index (χ2n) is 5.93. The molecule has 2 N–H and O–H groups in total. The Morgan fingerprint density at radius 3 is 2.88 bits per heavy atom. The van der Waals surface area contributed by atoms with E-state index in [1.54, 1.807) is 23.0 Å². The summed E-state index contributed by atoms with van der Waals surface area (Å²) in [5, 5.41) is 9.83. The van der Waals surface area contributed by atoms with Gasteiger partial charge in [-0.1, -0.05) is 12.1 Å². The Labute approximate surface area is 140 Å². The van der Waals surface area contributed by atoms with E-state index in [-0.39, 0.29) is 24.0 Å². The van der Waals surface area contributed by atoms with Gasteiger partial charge < -0.3 is 15.4 Å². The highest BCUT2D eigenvalue weighted by atomic mass is 19.1. The summed E-state index contributed by atoms with van der Waals surface area (Å²) in [5.74, 6) is -0.300. The van der Waals surface area contributed by atoms with Gasteiger partial charge in [-0.3, -0.25) is 4.68 Å². The van der Waals surface area contributed by atoms with Crippen molar-refractivity contribution >= 4 is 6.03 Å². The number of ether oxygens (including phenoxy) is 1. The Bertz CT molecular complexity index is 680. The minimum atomic E-state index is -0.304. The van der Waals surface area contributed by atoms with Gasteiger partial charge in [0.05, 0.1) is 18.3 Å². The van der Waals surface area contributed by atoms with Crippen LogP contribution in [-0.2, 0) is 18.3 Å². The maximum absolute atomic E-state index is 13.2. The molecule has 3 rings (SSSR count). The minimum absolute atomic E-state index is 0.0976. The van der Waals surface area contributed by atoms with Gasteiger partial charge in [0.2, 0.25) is 0 Å². The number of nitrogens with one attached hydrogen (secondary N) is 2. The fourth-order valence-corrected chi connectivity index (χ4v) is 2.86. The van der Waals surface area contributed by atoms with Crippen molar-refractivity contribution in [3.8, 4) is 0 Å². The van der Waals surface area contributed by atoms with E-state index >= 15 is 0 Å². The first-order chi connectivity index (χ1) is 11.6. The third kappa shape index (κ3) is 4.11. The highest BCUT2D eigenvalue weighted by Crippen LogP contribution is 2.27. The van der Waals surface area contributed by atoms with E-state index in [0.29, 0.717) is 13.2 Å². The number of carbonyl (C=O) groups excluding carboxylic acids is 1. The molecule has 0 saturated carbocycles. The molecule has 6 nitrogen and oxygen atoms in total. The van der Waals surface area contributed by atoms with E-state index in [0.717, 1.165) is 24.0 Å². The molecule has 1 fully saturated rings. The van der Waals surface area contributed by atoms with Crippen molar-refractivity contribution in [2.24, 2.45) is 7.05 Å². The zero-order valence-electron chi connectivity index (χ0n) is 13.5. The van der Waals surface area contributed by atoms with Crippen molar-refractivity contribution in [1.82, 2.24) is 20.4 Å². The average molecular weight is 332 g/mol. The molecule has 2 heterocycles. The standard InChI is InChI=1S/C17H21FN4O2/c1-22-11-12(10-20-22)9-19-17(23)21-16(15-3-2-8-24-15)13-4-6-14(18)7-5-13/h4-7,10-11,15-16H,2-3,8-9H2,1H3,(H2,19,21,23)/t15-,16+/m0/s1. The van der Waals surface area contributed by atoms with Crippen LogP contribution >= 0.6 is 0 Å². The summed E-state index contributed by atoms with van der Waals surface area (Å²) in [6.45, 7) is 1.07. The summed E-state index contributed by atoms with van der Waals surface area (Å²) in [6.07, 6.45) is 5.28. The van der Waals surface area contributed by atoms with Crippen molar-refractivity contribution in [3.63, 3.8) is 0 Å². The molecule has 2 atom stereocenters. The zero-order chi connectivity index (χ0) is 16.9. The summed E-state index contributed by atoms with van der Waals surface area (Å²) < 4.78 is 20.6. The van der Waals surface area contributed by atoms with Gasteiger partial charge in [-0.05, 0) is 30.5 Å². The lowest BCUT2D eigenvalue weighted by atomic mass is 9.99. The van der Waals surface area contributed by atoms with Crippen LogP contribution in [0, 0.1) is 5.82 Å². The van der Waals surface area contributed by atoms with E-state index < -0.39 is 0 Å². The van der Waals surface area contributed by atoms with Crippen molar-refractivity contribution in [2.75, 3.05) is 6.61 Å². The largest absolute Gasteiger partial charge is 0.376 e. The number of aromatic nitrogens is 2. The normalized spacial score (nSPS) is 18.3. The van der Waals surface area contributed by atoms with Gasteiger partial charge in [-0.2, -0.15) is 5.10 Å². The van der Waals surface area contributed by atoms with Crippen LogP contribution < -0.4 is 10.6 Å². The summed E-state index contributed by atoms with van der Waals surface area (Å²) >= 11 is 0. The molecule has 0 spiro atoms. The van der Waals surface area contributed by atoms with Crippen LogP contribution in [0.25, 0.3) is 0 Å². The molecule has 0 radical (unpaired) electrons. The van der Waals surface area contributed by atoms with Crippen LogP contribution in [0.1, 0.15) is 30.0 Å². The third-order valence-electron chi connectivity index (χ3n) is 4.06. The third-order valence-corrected chi connectivity index (χ3v) is 4.06. The summed E-state index contributed by atoms with van der Waals surface area (Å²) in [5.41, 5.74) is 1.75. The average Bonchev–Trinajstić information content (AvgIpc) is 3.23. The zero-order valence-corrected chi connectivity index (χ0v) is 13.5. The first kappa shape index (κ1) is 16.4. The van der Waals surface area contributed by atoms with Gasteiger partial charge in [-0.25, -0.2) is 9.18 Å². The van der Waals surface area contributed by atoms with Crippen molar-refractivity contribution in [1.29, 1.82) is 0 Å². The molecule has 24 heavy (non-hydrogen) atoms. The van der Waals surface area contributed by atoms with Gasteiger partial charge in [0, 0.05) is 32.0 Å². The van der Waals surface area contributed by atoms with Crippen LogP contribution in [0.5, 0.6) is 0 Å². The molecule has 1 aromatic carbocycles. The number of hydrogen-bond donors (Lipinski definition) is 2. The van der Waals surface area contributed by atoms with E-state index in [1.807, 2.05) is 13.2 Å². The molecular formula is C17H21FN4O2. The van der Waals surface area contributed by atoms with Gasteiger partial charge >= 0.3 is 6.03 Å². The quantitative estimate of drug-likeness (QED) is 0.883. The number of halogens is 1. The van der Waals surface area contributed by atoms with Gasteiger partial charge in [-0.15, -0.1) is 0 Å². The fourth-order valence-electron chi connectivity index (χ4n) is 2.86. The maximum atomic E-state index is 13.2. The smallest absolute Gasteiger partial charge is 0.315 e. The Balaban J connectivity index is 1.64. The van der Waals surface area contributed by atoms with Crippen LogP contribution in [0.15, 0.2) is 36.7 Å². The summed E-state index contributed by atoms with van der Waals surface area (Å²) in [6, 6.07) is 5.57. The molecule has 1 saturated heterocycles. The number of hydrogen-bond acceptors (Lipinski definition) is 3. The van der Waals surface area contributed by atoms with Gasteiger partial charge in [0.15, 0.2) is 0 Å². The molecule has 1 aliphatic heterocycles. The van der Waals surface area contributed by atoms with E-state index in [4.69, 9.17) is 4.74 Å². The SMILES string of the molecule is Cn1cc(CNC(=O)N[C@H](c2ccc(F)cc2)[C@@H]2CCCO2)cn1. The highest BCUT2D eigenvalue weighted by Gasteiger charge is 2.28. The monoisotopic (exact) mass is 332 g/mol. The second-order valence-corrected chi connectivity index (χ2v) is 5.93. The van der Waals surface area contributed by atoms with Crippen LogP contribution in [0.3, 0.4) is 0 Å². The Morgan fingerprint density at radius 2 is 2.25 bits per heavy atom. The van der Waals surface area contributed by atoms with Crippen molar-refractivity contribution < 1.29 is 13.9 Å². The number of nitrogens with zero attached hydrogens (tertiary/aromatic N) is 2. The summed E-state index contributed by atoms with van der Waals surface area (Å²) in [4.78, 5) is 12.3. The van der Waals surface area contributed by atoms with E-state index in [9.17, 15) is 9.18 Å². The number of carbonyl (C=O) groups is 1. The predicted molar refractivity (Wildman–Crippen MR) is 86.7 cm³/mol. The molecular weight excluding hydrogens is 311 g/mol. The summed E-state index contributed by atoms with van der Waals surface area (Å²) in [7, 11) is 1.82. The molecule has 128 valence electrons. The topological polar surface area (TPSA) is 68.2 Å². The minimum Gasteiger partial charge on any atom is -0.376 e. The lowest BCUT2D eigenvalue weighted by molar-refractivity contribution is 0.0807. The van der Waals surface area contributed by atoms with Crippen LogP contribution in [0.2, 0.25) is 0 Å². The Morgan fingerprint density at radius 1 is 1.46 bits per heavy atom. The number of urea groups is 1. The highest BCUT2D eigenvalue weighted by molar-refractivity contribution is 5.74. The fraction of sp³-hybridized carbons (Fsp3) is 0.412. The molecule has 1 aliphatic rings. The molecule has 1 aromatic heterocycles. The van der Waals surface area contributed by atoms with Crippen molar-refractivity contribution in [2.45, 2.75) is 31.5 Å². The predicted octanol–water partition coefficient (Wildman–Crippen LogP) is 2.28. The lowest BCUT2D eigenvalue weighted by Gasteiger charge is -2.25. The van der Waals surface area contributed by atoms with Gasteiger partial charge in [0.1, 0.15) is 5.82 Å². The van der Waals surface area contributed by atoms with Gasteiger partial charge in [0.25, 0.3) is 0 Å². The second kappa shape index (κ2) is 7.44. The molecule has 0 bridgehead atoms. The molecule has 7 heteroatoms. The molecule has 0 unspecified atom stereocenters. The van der Waals surface area contributed by atoms with E-state index in [1.165, 1.54) is 12.1 Å². The molecule has 2 amide bonds. The first-order valence-corrected chi connectivity index (χ1v) is 8.01. The number of amides is 2. The lowest BCUT2D eigenvalue weighted by Crippen LogP contribution is -2.41.